The Morgan fingerprint density at radius 1 is 0.971 bits per heavy atom. The van der Waals surface area contributed by atoms with Gasteiger partial charge in [0.25, 0.3) is 5.91 Å². The van der Waals surface area contributed by atoms with Crippen molar-refractivity contribution >= 4 is 29.2 Å². The summed E-state index contributed by atoms with van der Waals surface area (Å²) in [5, 5.41) is 11.0. The maximum Gasteiger partial charge on any atom is 0.417 e. The van der Waals surface area contributed by atoms with Gasteiger partial charge in [-0.25, -0.2) is 9.78 Å². The molecule has 0 aliphatic carbocycles. The first-order chi connectivity index (χ1) is 16.6. The molecule has 35 heavy (non-hydrogen) atoms. The normalized spacial score (nSPS) is 11.2. The summed E-state index contributed by atoms with van der Waals surface area (Å²) in [6.45, 7) is 0. The zero-order valence-electron chi connectivity index (χ0n) is 17.6. The standard InChI is InChI=1S/C24H15ClF3N3O4/c25-19-6-3-15(10-18(19)24(26,27)28)31-22(32)20-9-14(12-30-20)13-1-4-16(5-2-13)35-17-7-8-29-21(11-17)23(33)34/h1-12,30H,(H,31,32)(H,33,34). The number of nitrogens with one attached hydrogen (secondary N) is 2. The van der Waals surface area contributed by atoms with Crippen LogP contribution in [0, 0.1) is 0 Å². The van der Waals surface area contributed by atoms with E-state index >= 15 is 0 Å². The molecule has 2 heterocycles. The van der Waals surface area contributed by atoms with Gasteiger partial charge in [0.2, 0.25) is 0 Å². The second-order valence-electron chi connectivity index (χ2n) is 7.26. The van der Waals surface area contributed by atoms with Crippen molar-refractivity contribution in [1.29, 1.82) is 0 Å². The van der Waals surface area contributed by atoms with Gasteiger partial charge in [-0.15, -0.1) is 0 Å². The number of hydrogen-bond donors (Lipinski definition) is 3. The Morgan fingerprint density at radius 3 is 2.40 bits per heavy atom. The average Bonchev–Trinajstić information content (AvgIpc) is 3.31. The summed E-state index contributed by atoms with van der Waals surface area (Å²) >= 11 is 5.61. The topological polar surface area (TPSA) is 104 Å². The van der Waals surface area contributed by atoms with E-state index in [1.165, 1.54) is 24.4 Å². The summed E-state index contributed by atoms with van der Waals surface area (Å²) in [6, 6.07) is 14.3. The summed E-state index contributed by atoms with van der Waals surface area (Å²) in [4.78, 5) is 30.1. The highest BCUT2D eigenvalue weighted by Crippen LogP contribution is 2.36. The van der Waals surface area contributed by atoms with E-state index in [9.17, 15) is 22.8 Å². The van der Waals surface area contributed by atoms with Gasteiger partial charge in [-0.2, -0.15) is 13.2 Å². The van der Waals surface area contributed by atoms with Crippen molar-refractivity contribution in [2.24, 2.45) is 0 Å². The molecule has 0 saturated carbocycles. The van der Waals surface area contributed by atoms with Crippen molar-refractivity contribution in [3.63, 3.8) is 0 Å². The zero-order valence-corrected chi connectivity index (χ0v) is 18.3. The Bertz CT molecular complexity index is 1400. The van der Waals surface area contributed by atoms with Crippen LogP contribution in [0.4, 0.5) is 18.9 Å². The number of carbonyl (C=O) groups is 2. The number of hydrogen-bond acceptors (Lipinski definition) is 4. The Kier molecular flexibility index (Phi) is 6.48. The van der Waals surface area contributed by atoms with Gasteiger partial charge in [0, 0.05) is 24.1 Å². The second-order valence-corrected chi connectivity index (χ2v) is 7.66. The summed E-state index contributed by atoms with van der Waals surface area (Å²) in [7, 11) is 0. The van der Waals surface area contributed by atoms with Crippen LogP contribution in [0.25, 0.3) is 11.1 Å². The third-order valence-corrected chi connectivity index (χ3v) is 5.16. The van der Waals surface area contributed by atoms with E-state index in [0.29, 0.717) is 17.1 Å². The van der Waals surface area contributed by atoms with E-state index in [-0.39, 0.29) is 17.1 Å². The van der Waals surface area contributed by atoms with Gasteiger partial charge in [-0.05, 0) is 53.6 Å². The Balaban J connectivity index is 1.45. The molecule has 1 amide bonds. The predicted molar refractivity (Wildman–Crippen MR) is 122 cm³/mol. The van der Waals surface area contributed by atoms with Crippen LogP contribution in [0.15, 0.2) is 73.1 Å². The molecule has 4 rings (SSSR count). The number of aromatic amines is 1. The highest BCUT2D eigenvalue weighted by molar-refractivity contribution is 6.31. The molecule has 3 N–H and O–H groups in total. The Hall–Kier alpha value is -4.31. The van der Waals surface area contributed by atoms with Gasteiger partial charge in [0.15, 0.2) is 5.69 Å². The van der Waals surface area contributed by atoms with Gasteiger partial charge in [0.1, 0.15) is 17.2 Å². The number of benzene rings is 2. The molecule has 0 spiro atoms. The molecule has 2 aromatic heterocycles. The summed E-state index contributed by atoms with van der Waals surface area (Å²) < 4.78 is 44.8. The Morgan fingerprint density at radius 2 is 1.71 bits per heavy atom. The van der Waals surface area contributed by atoms with E-state index in [1.807, 2.05) is 0 Å². The zero-order chi connectivity index (χ0) is 25.2. The molecule has 7 nitrogen and oxygen atoms in total. The minimum Gasteiger partial charge on any atom is -0.477 e. The molecular formula is C24H15ClF3N3O4. The minimum atomic E-state index is -4.65. The fraction of sp³-hybridized carbons (Fsp3) is 0.0417. The van der Waals surface area contributed by atoms with Crippen LogP contribution < -0.4 is 10.1 Å². The number of carboxylic acid groups (broad SMARTS) is 1. The number of ether oxygens (including phenoxy) is 1. The minimum absolute atomic E-state index is 0.0495. The molecule has 4 aromatic rings. The van der Waals surface area contributed by atoms with E-state index in [2.05, 4.69) is 15.3 Å². The number of halogens is 4. The molecule has 0 saturated heterocycles. The van der Waals surface area contributed by atoms with Crippen LogP contribution in [-0.2, 0) is 6.18 Å². The number of alkyl halides is 3. The number of aromatic nitrogens is 2. The lowest BCUT2D eigenvalue weighted by Gasteiger charge is -2.11. The molecular weight excluding hydrogens is 487 g/mol. The van der Waals surface area contributed by atoms with Crippen LogP contribution in [0.1, 0.15) is 26.5 Å². The van der Waals surface area contributed by atoms with Crippen molar-refractivity contribution in [1.82, 2.24) is 9.97 Å². The molecule has 11 heteroatoms. The van der Waals surface area contributed by atoms with Gasteiger partial charge in [-0.1, -0.05) is 23.7 Å². The van der Waals surface area contributed by atoms with Gasteiger partial charge < -0.3 is 20.1 Å². The van der Waals surface area contributed by atoms with E-state index in [4.69, 9.17) is 21.4 Å². The first-order valence-electron chi connectivity index (χ1n) is 9.94. The molecule has 0 bridgehead atoms. The van der Waals surface area contributed by atoms with E-state index < -0.39 is 28.6 Å². The average molecular weight is 502 g/mol. The van der Waals surface area contributed by atoms with Gasteiger partial charge in [-0.3, -0.25) is 4.79 Å². The number of aromatic carboxylic acids is 1. The van der Waals surface area contributed by atoms with Gasteiger partial charge in [0.05, 0.1) is 10.6 Å². The van der Waals surface area contributed by atoms with Crippen LogP contribution in [0.3, 0.4) is 0 Å². The summed E-state index contributed by atoms with van der Waals surface area (Å²) in [6.07, 6.45) is -1.74. The molecule has 0 atom stereocenters. The number of carboxylic acids is 1. The largest absolute Gasteiger partial charge is 0.477 e. The quantitative estimate of drug-likeness (QED) is 0.280. The van der Waals surface area contributed by atoms with Crippen LogP contribution in [0.2, 0.25) is 5.02 Å². The number of carbonyl (C=O) groups excluding carboxylic acids is 1. The van der Waals surface area contributed by atoms with Crippen LogP contribution in [-0.4, -0.2) is 27.0 Å². The van der Waals surface area contributed by atoms with Crippen molar-refractivity contribution < 1.29 is 32.6 Å². The number of rotatable bonds is 6. The summed E-state index contributed by atoms with van der Waals surface area (Å²) in [5.41, 5.74) is 0.293. The van der Waals surface area contributed by atoms with E-state index in [0.717, 1.165) is 17.7 Å². The molecule has 0 aliphatic rings. The lowest BCUT2D eigenvalue weighted by Crippen LogP contribution is -2.13. The molecule has 178 valence electrons. The number of anilines is 1. The van der Waals surface area contributed by atoms with Crippen molar-refractivity contribution in [2.75, 3.05) is 5.32 Å². The predicted octanol–water partition coefficient (Wildman–Crippen LogP) is 6.49. The molecule has 0 aliphatic heterocycles. The fourth-order valence-corrected chi connectivity index (χ4v) is 3.38. The van der Waals surface area contributed by atoms with Crippen LogP contribution >= 0.6 is 11.6 Å². The first kappa shape index (κ1) is 23.8. The van der Waals surface area contributed by atoms with Crippen molar-refractivity contribution in [3.05, 3.63) is 95.0 Å². The number of nitrogens with zero attached hydrogens (tertiary/aromatic N) is 1. The molecule has 0 radical (unpaired) electrons. The second kappa shape index (κ2) is 9.51. The number of amides is 1. The van der Waals surface area contributed by atoms with Gasteiger partial charge >= 0.3 is 12.1 Å². The number of H-pyrrole nitrogens is 1. The van der Waals surface area contributed by atoms with Crippen LogP contribution in [0.5, 0.6) is 11.5 Å². The Labute approximate surface area is 201 Å². The van der Waals surface area contributed by atoms with Crippen molar-refractivity contribution in [3.8, 4) is 22.6 Å². The van der Waals surface area contributed by atoms with Crippen molar-refractivity contribution in [2.45, 2.75) is 6.18 Å². The highest BCUT2D eigenvalue weighted by Gasteiger charge is 2.33. The fourth-order valence-electron chi connectivity index (χ4n) is 3.15. The third kappa shape index (κ3) is 5.61. The lowest BCUT2D eigenvalue weighted by molar-refractivity contribution is -0.137. The lowest BCUT2D eigenvalue weighted by atomic mass is 10.1. The molecule has 0 unspecified atom stereocenters. The maximum absolute atomic E-state index is 13.0. The molecule has 0 fully saturated rings. The monoisotopic (exact) mass is 501 g/mol. The summed E-state index contributed by atoms with van der Waals surface area (Å²) in [5.74, 6) is -1.04. The maximum atomic E-state index is 13.0. The molecule has 2 aromatic carbocycles. The number of pyridine rings is 1. The SMILES string of the molecule is O=C(O)c1cc(Oc2ccc(-c3c[nH]c(C(=O)Nc4ccc(Cl)c(C(F)(F)F)c4)c3)cc2)ccn1. The highest BCUT2D eigenvalue weighted by atomic mass is 35.5. The smallest absolute Gasteiger partial charge is 0.417 e. The first-order valence-corrected chi connectivity index (χ1v) is 10.3. The third-order valence-electron chi connectivity index (χ3n) is 4.83. The van der Waals surface area contributed by atoms with E-state index in [1.54, 1.807) is 36.5 Å².